The molecule has 1 nitrogen and oxygen atoms in total. The van der Waals surface area contributed by atoms with Crippen molar-refractivity contribution < 1.29 is 0 Å². The van der Waals surface area contributed by atoms with Crippen molar-refractivity contribution >= 4 is 0 Å². The summed E-state index contributed by atoms with van der Waals surface area (Å²) in [6.07, 6.45) is 8.17. The molecule has 0 saturated heterocycles. The third-order valence-electron chi connectivity index (χ3n) is 2.86. The van der Waals surface area contributed by atoms with Crippen molar-refractivity contribution in [2.45, 2.75) is 57.9 Å². The molecule has 0 radical (unpaired) electrons. The van der Waals surface area contributed by atoms with Gasteiger partial charge in [-0.05, 0) is 25.7 Å². The van der Waals surface area contributed by atoms with Crippen molar-refractivity contribution in [2.24, 2.45) is 11.7 Å². The van der Waals surface area contributed by atoms with Crippen LogP contribution in [-0.4, -0.2) is 5.54 Å². The molecule has 2 N–H and O–H groups in total. The van der Waals surface area contributed by atoms with Crippen molar-refractivity contribution in [1.29, 1.82) is 0 Å². The Hall–Kier alpha value is -0.0400. The lowest BCUT2D eigenvalue weighted by Crippen LogP contribution is -2.19. The van der Waals surface area contributed by atoms with Gasteiger partial charge in [0.2, 0.25) is 0 Å². The van der Waals surface area contributed by atoms with Crippen LogP contribution in [0, 0.1) is 5.92 Å². The summed E-state index contributed by atoms with van der Waals surface area (Å²) < 4.78 is 0. The zero-order valence-electron chi connectivity index (χ0n) is 7.90. The summed E-state index contributed by atoms with van der Waals surface area (Å²) in [7, 11) is 0. The summed E-state index contributed by atoms with van der Waals surface area (Å²) >= 11 is 0. The molecular formula is C10H21N. The third kappa shape index (κ3) is 2.82. The van der Waals surface area contributed by atoms with Crippen molar-refractivity contribution in [1.82, 2.24) is 0 Å². The molecule has 0 aromatic carbocycles. The van der Waals surface area contributed by atoms with E-state index < -0.39 is 0 Å². The van der Waals surface area contributed by atoms with E-state index in [4.69, 9.17) is 5.73 Å². The molecule has 0 bridgehead atoms. The number of hydrogen-bond acceptors (Lipinski definition) is 1. The molecule has 11 heavy (non-hydrogen) atoms. The minimum absolute atomic E-state index is 0.214. The third-order valence-corrected chi connectivity index (χ3v) is 2.86. The van der Waals surface area contributed by atoms with Crippen molar-refractivity contribution in [3.05, 3.63) is 0 Å². The first-order valence-corrected chi connectivity index (χ1v) is 4.95. The second-order valence-electron chi connectivity index (χ2n) is 4.26. The lowest BCUT2D eigenvalue weighted by Gasteiger charge is -2.02. The summed E-state index contributed by atoms with van der Waals surface area (Å²) in [5.41, 5.74) is 6.14. The van der Waals surface area contributed by atoms with Crippen molar-refractivity contribution in [2.75, 3.05) is 0 Å². The fourth-order valence-electron chi connectivity index (χ4n) is 1.72. The highest BCUT2D eigenvalue weighted by molar-refractivity contribution is 5.03. The standard InChI is InChI=1S/C10H21N/c1-3-4-5-6-7-9-8-10(9,2)11/h9H,3-8,11H2,1-2H3. The van der Waals surface area contributed by atoms with E-state index in [2.05, 4.69) is 13.8 Å². The predicted octanol–water partition coefficient (Wildman–Crippen LogP) is 2.69. The summed E-state index contributed by atoms with van der Waals surface area (Å²) in [4.78, 5) is 0. The molecule has 1 aliphatic rings. The van der Waals surface area contributed by atoms with Gasteiger partial charge in [-0.25, -0.2) is 0 Å². The maximum absolute atomic E-state index is 5.92. The number of nitrogens with two attached hydrogens (primary N) is 1. The highest BCUT2D eigenvalue weighted by Crippen LogP contribution is 2.43. The largest absolute Gasteiger partial charge is 0.325 e. The Morgan fingerprint density at radius 2 is 2.00 bits per heavy atom. The predicted molar refractivity (Wildman–Crippen MR) is 49.5 cm³/mol. The number of hydrogen-bond donors (Lipinski definition) is 1. The normalized spacial score (nSPS) is 35.7. The Balaban J connectivity index is 1.90. The zero-order valence-corrected chi connectivity index (χ0v) is 7.90. The molecule has 2 unspecified atom stereocenters. The lowest BCUT2D eigenvalue weighted by atomic mass is 10.1. The summed E-state index contributed by atoms with van der Waals surface area (Å²) in [6.45, 7) is 4.43. The minimum atomic E-state index is 0.214. The molecule has 2 atom stereocenters. The van der Waals surface area contributed by atoms with Crippen LogP contribution in [0.4, 0.5) is 0 Å². The smallest absolute Gasteiger partial charge is 0.0158 e. The Labute approximate surface area is 70.4 Å². The van der Waals surface area contributed by atoms with Gasteiger partial charge in [-0.15, -0.1) is 0 Å². The van der Waals surface area contributed by atoms with E-state index in [-0.39, 0.29) is 5.54 Å². The molecule has 0 aromatic rings. The second kappa shape index (κ2) is 3.57. The van der Waals surface area contributed by atoms with Crippen LogP contribution in [0.1, 0.15) is 52.4 Å². The molecule has 66 valence electrons. The molecule has 1 saturated carbocycles. The molecule has 0 aliphatic heterocycles. The molecule has 1 rings (SSSR count). The molecule has 1 heteroatoms. The van der Waals surface area contributed by atoms with Gasteiger partial charge in [-0.2, -0.15) is 0 Å². The van der Waals surface area contributed by atoms with E-state index in [0.717, 1.165) is 5.92 Å². The monoisotopic (exact) mass is 155 g/mol. The number of rotatable bonds is 5. The fraction of sp³-hybridized carbons (Fsp3) is 1.00. The van der Waals surface area contributed by atoms with Crippen LogP contribution < -0.4 is 5.73 Å². The van der Waals surface area contributed by atoms with Gasteiger partial charge < -0.3 is 5.73 Å². The first kappa shape index (κ1) is 9.05. The van der Waals surface area contributed by atoms with Crippen LogP contribution in [0.25, 0.3) is 0 Å². The highest BCUT2D eigenvalue weighted by Gasteiger charge is 2.45. The quantitative estimate of drug-likeness (QED) is 0.607. The van der Waals surface area contributed by atoms with Gasteiger partial charge >= 0.3 is 0 Å². The Bertz CT molecular complexity index is 118. The fourth-order valence-corrected chi connectivity index (χ4v) is 1.72. The summed E-state index contributed by atoms with van der Waals surface area (Å²) in [6, 6.07) is 0. The van der Waals surface area contributed by atoms with E-state index in [1.807, 2.05) is 0 Å². The average molecular weight is 155 g/mol. The second-order valence-corrected chi connectivity index (χ2v) is 4.26. The molecule has 1 aliphatic carbocycles. The van der Waals surface area contributed by atoms with Crippen LogP contribution in [-0.2, 0) is 0 Å². The van der Waals surface area contributed by atoms with Gasteiger partial charge in [-0.3, -0.25) is 0 Å². The van der Waals surface area contributed by atoms with E-state index in [0.29, 0.717) is 0 Å². The van der Waals surface area contributed by atoms with E-state index >= 15 is 0 Å². The maximum Gasteiger partial charge on any atom is 0.0158 e. The topological polar surface area (TPSA) is 26.0 Å². The SMILES string of the molecule is CCCCCCC1CC1(C)N. The highest BCUT2D eigenvalue weighted by atomic mass is 14.8. The summed E-state index contributed by atoms with van der Waals surface area (Å²) in [5, 5.41) is 0. The van der Waals surface area contributed by atoms with Crippen LogP contribution in [0.15, 0.2) is 0 Å². The Morgan fingerprint density at radius 3 is 2.45 bits per heavy atom. The molecule has 0 spiro atoms. The van der Waals surface area contributed by atoms with Gasteiger partial charge in [0.15, 0.2) is 0 Å². The number of unbranched alkanes of at least 4 members (excludes halogenated alkanes) is 3. The molecule has 0 aromatic heterocycles. The van der Waals surface area contributed by atoms with Crippen LogP contribution in [0.3, 0.4) is 0 Å². The first-order chi connectivity index (χ1) is 5.17. The maximum atomic E-state index is 5.92. The van der Waals surface area contributed by atoms with Gasteiger partial charge in [-0.1, -0.05) is 32.6 Å². The van der Waals surface area contributed by atoms with Crippen LogP contribution in [0.5, 0.6) is 0 Å². The van der Waals surface area contributed by atoms with Crippen molar-refractivity contribution in [3.8, 4) is 0 Å². The summed E-state index contributed by atoms with van der Waals surface area (Å²) in [5.74, 6) is 0.847. The van der Waals surface area contributed by atoms with E-state index in [1.165, 1.54) is 38.5 Å². The molecule has 1 fully saturated rings. The average Bonchev–Trinajstić information content (AvgIpc) is 2.52. The van der Waals surface area contributed by atoms with E-state index in [1.54, 1.807) is 0 Å². The van der Waals surface area contributed by atoms with Crippen molar-refractivity contribution in [3.63, 3.8) is 0 Å². The first-order valence-electron chi connectivity index (χ1n) is 4.95. The zero-order chi connectivity index (χ0) is 8.32. The minimum Gasteiger partial charge on any atom is -0.325 e. The van der Waals surface area contributed by atoms with Crippen LogP contribution >= 0.6 is 0 Å². The van der Waals surface area contributed by atoms with Gasteiger partial charge in [0.05, 0.1) is 0 Å². The molecule has 0 amide bonds. The van der Waals surface area contributed by atoms with Gasteiger partial charge in [0, 0.05) is 5.54 Å². The van der Waals surface area contributed by atoms with Crippen LogP contribution in [0.2, 0.25) is 0 Å². The van der Waals surface area contributed by atoms with Gasteiger partial charge in [0.1, 0.15) is 0 Å². The Morgan fingerprint density at radius 1 is 1.36 bits per heavy atom. The molecular weight excluding hydrogens is 134 g/mol. The Kier molecular flexibility index (Phi) is 2.94. The lowest BCUT2D eigenvalue weighted by molar-refractivity contribution is 0.549. The van der Waals surface area contributed by atoms with Gasteiger partial charge in [0.25, 0.3) is 0 Å². The molecule has 0 heterocycles. The van der Waals surface area contributed by atoms with E-state index in [9.17, 15) is 0 Å².